The second kappa shape index (κ2) is 7.49. The number of aryl methyl sites for hydroxylation is 1. The van der Waals surface area contributed by atoms with Gasteiger partial charge in [0.1, 0.15) is 23.4 Å². The highest BCUT2D eigenvalue weighted by molar-refractivity contribution is 5.91. The Kier molecular flexibility index (Phi) is 4.71. The molecule has 0 saturated carbocycles. The maximum absolute atomic E-state index is 11.7. The number of ether oxygens (including phenoxy) is 1. The molecule has 0 aliphatic rings. The first-order valence-electron chi connectivity index (χ1n) is 8.94. The van der Waals surface area contributed by atoms with E-state index in [4.69, 9.17) is 9.15 Å². The molecule has 29 heavy (non-hydrogen) atoms. The third-order valence-corrected chi connectivity index (χ3v) is 4.49. The summed E-state index contributed by atoms with van der Waals surface area (Å²) in [4.78, 5) is 19.4. The Morgan fingerprint density at radius 1 is 1.21 bits per heavy atom. The van der Waals surface area contributed by atoms with Gasteiger partial charge in [0, 0.05) is 11.6 Å². The molecule has 2 heterocycles. The topological polar surface area (TPSA) is 91.9 Å². The number of allylic oxidation sites excluding steroid dienone is 1. The molecule has 4 aromatic rings. The highest BCUT2D eigenvalue weighted by atomic mass is 16.5. The Morgan fingerprint density at radius 3 is 2.86 bits per heavy atom. The molecule has 0 radical (unpaired) electrons. The van der Waals surface area contributed by atoms with Gasteiger partial charge < -0.3 is 14.1 Å². The largest absolute Gasteiger partial charge is 0.465 e. The highest BCUT2D eigenvalue weighted by Crippen LogP contribution is 2.26. The fraction of sp³-hybridized carbons (Fsp3) is 0.0870. The number of nitrogens with one attached hydrogen (secondary N) is 1. The van der Waals surface area contributed by atoms with E-state index in [1.54, 1.807) is 36.4 Å². The lowest BCUT2D eigenvalue weighted by molar-refractivity contribution is 0.0601. The van der Waals surface area contributed by atoms with E-state index in [2.05, 4.69) is 16.0 Å². The van der Waals surface area contributed by atoms with E-state index in [9.17, 15) is 10.1 Å². The molecule has 0 aliphatic carbocycles. The van der Waals surface area contributed by atoms with E-state index in [1.165, 1.54) is 7.11 Å². The van der Waals surface area contributed by atoms with E-state index in [-0.39, 0.29) is 0 Å². The van der Waals surface area contributed by atoms with Crippen LogP contribution in [0.25, 0.3) is 34.0 Å². The number of methoxy groups -OCH3 is 1. The number of benzene rings is 2. The van der Waals surface area contributed by atoms with Crippen molar-refractivity contribution in [3.8, 4) is 17.4 Å². The van der Waals surface area contributed by atoms with Crippen molar-refractivity contribution in [3.05, 3.63) is 77.3 Å². The predicted molar refractivity (Wildman–Crippen MR) is 110 cm³/mol. The molecule has 4 rings (SSSR count). The fourth-order valence-corrected chi connectivity index (χ4v) is 3.05. The molecule has 6 heteroatoms. The standard InChI is InChI=1S/C23H17N3O3/c1-14-6-8-19-20(10-14)26-22(25-19)17(13-24)12-18-7-9-21(29-18)15-4-3-5-16(11-15)23(27)28-2/h3-12H,1-2H3,(H,25,26). The lowest BCUT2D eigenvalue weighted by Gasteiger charge is -2.01. The lowest BCUT2D eigenvalue weighted by atomic mass is 10.1. The molecule has 1 N–H and O–H groups in total. The third kappa shape index (κ3) is 3.66. The lowest BCUT2D eigenvalue weighted by Crippen LogP contribution is -2.00. The molecular weight excluding hydrogens is 366 g/mol. The number of aromatic nitrogens is 2. The molecule has 0 atom stereocenters. The van der Waals surface area contributed by atoms with Crippen LogP contribution in [0.3, 0.4) is 0 Å². The van der Waals surface area contributed by atoms with Gasteiger partial charge in [0.05, 0.1) is 29.3 Å². The first kappa shape index (κ1) is 18.3. The molecule has 0 unspecified atom stereocenters. The van der Waals surface area contributed by atoms with Gasteiger partial charge in [0.15, 0.2) is 0 Å². The van der Waals surface area contributed by atoms with Gasteiger partial charge in [-0.15, -0.1) is 0 Å². The number of esters is 1. The number of nitrogens with zero attached hydrogens (tertiary/aromatic N) is 2. The number of carbonyl (C=O) groups is 1. The number of hydrogen-bond donors (Lipinski definition) is 1. The Balaban J connectivity index is 1.67. The highest BCUT2D eigenvalue weighted by Gasteiger charge is 2.12. The summed E-state index contributed by atoms with van der Waals surface area (Å²) in [6.07, 6.45) is 1.64. The van der Waals surface area contributed by atoms with E-state index >= 15 is 0 Å². The van der Waals surface area contributed by atoms with Crippen molar-refractivity contribution < 1.29 is 13.9 Å². The van der Waals surface area contributed by atoms with E-state index in [0.717, 1.165) is 22.2 Å². The van der Waals surface area contributed by atoms with Gasteiger partial charge in [0.25, 0.3) is 0 Å². The average Bonchev–Trinajstić information content (AvgIpc) is 3.38. The van der Waals surface area contributed by atoms with Crippen LogP contribution < -0.4 is 0 Å². The molecule has 2 aromatic carbocycles. The molecule has 0 amide bonds. The van der Waals surface area contributed by atoms with Gasteiger partial charge in [0.2, 0.25) is 0 Å². The number of carbonyl (C=O) groups excluding carboxylic acids is 1. The van der Waals surface area contributed by atoms with Gasteiger partial charge in [-0.25, -0.2) is 9.78 Å². The summed E-state index contributed by atoms with van der Waals surface area (Å²) in [5, 5.41) is 9.60. The minimum Gasteiger partial charge on any atom is -0.465 e. The van der Waals surface area contributed by atoms with Crippen molar-refractivity contribution in [2.45, 2.75) is 6.92 Å². The SMILES string of the molecule is COC(=O)c1cccc(-c2ccc(C=C(C#N)c3nc4ccc(C)cc4[nH]3)o2)c1. The number of rotatable bonds is 4. The first-order chi connectivity index (χ1) is 14.1. The molecule has 2 aromatic heterocycles. The summed E-state index contributed by atoms with van der Waals surface area (Å²) in [7, 11) is 1.34. The van der Waals surface area contributed by atoms with Crippen LogP contribution in [0.1, 0.15) is 27.5 Å². The maximum Gasteiger partial charge on any atom is 0.337 e. The van der Waals surface area contributed by atoms with Crippen LogP contribution in [0.5, 0.6) is 0 Å². The summed E-state index contributed by atoms with van der Waals surface area (Å²) < 4.78 is 10.6. The fourth-order valence-electron chi connectivity index (χ4n) is 3.05. The molecular formula is C23H17N3O3. The van der Waals surface area contributed by atoms with Crippen molar-refractivity contribution in [1.82, 2.24) is 9.97 Å². The van der Waals surface area contributed by atoms with E-state index < -0.39 is 5.97 Å². The zero-order chi connectivity index (χ0) is 20.4. The van der Waals surface area contributed by atoms with Crippen LogP contribution >= 0.6 is 0 Å². The monoisotopic (exact) mass is 383 g/mol. The predicted octanol–water partition coefficient (Wildman–Crippen LogP) is 4.98. The van der Waals surface area contributed by atoms with Crippen molar-refractivity contribution in [2.75, 3.05) is 7.11 Å². The van der Waals surface area contributed by atoms with Crippen LogP contribution in [-0.4, -0.2) is 23.0 Å². The number of H-pyrrole nitrogens is 1. The van der Waals surface area contributed by atoms with Crippen LogP contribution in [0.15, 0.2) is 59.0 Å². The molecule has 6 nitrogen and oxygen atoms in total. The Hall–Kier alpha value is -4.11. The van der Waals surface area contributed by atoms with Crippen molar-refractivity contribution in [3.63, 3.8) is 0 Å². The van der Waals surface area contributed by atoms with Crippen LogP contribution in [0.2, 0.25) is 0 Å². The van der Waals surface area contributed by atoms with Crippen LogP contribution in [-0.2, 0) is 4.74 Å². The minimum atomic E-state index is -0.412. The van der Waals surface area contributed by atoms with Gasteiger partial charge in [-0.2, -0.15) is 5.26 Å². The van der Waals surface area contributed by atoms with E-state index in [0.29, 0.717) is 28.5 Å². The summed E-state index contributed by atoms with van der Waals surface area (Å²) in [6.45, 7) is 2.00. The molecule has 142 valence electrons. The van der Waals surface area contributed by atoms with Gasteiger partial charge in [-0.05, 0) is 48.9 Å². The summed E-state index contributed by atoms with van der Waals surface area (Å²) in [5.74, 6) is 1.17. The van der Waals surface area contributed by atoms with Gasteiger partial charge >= 0.3 is 5.97 Å². The van der Waals surface area contributed by atoms with Crippen molar-refractivity contribution >= 4 is 28.7 Å². The molecule has 0 bridgehead atoms. The van der Waals surface area contributed by atoms with Crippen LogP contribution in [0.4, 0.5) is 0 Å². The number of nitriles is 1. The molecule has 0 aliphatic heterocycles. The number of imidazole rings is 1. The smallest absolute Gasteiger partial charge is 0.337 e. The summed E-state index contributed by atoms with van der Waals surface area (Å²) >= 11 is 0. The first-order valence-corrected chi connectivity index (χ1v) is 8.94. The summed E-state index contributed by atoms with van der Waals surface area (Å²) in [5.41, 5.74) is 4.33. The number of aromatic amines is 1. The summed E-state index contributed by atoms with van der Waals surface area (Å²) in [6, 6.07) is 18.6. The Bertz CT molecular complexity index is 1290. The van der Waals surface area contributed by atoms with Crippen molar-refractivity contribution in [2.24, 2.45) is 0 Å². The van der Waals surface area contributed by atoms with Gasteiger partial charge in [-0.3, -0.25) is 0 Å². The second-order valence-corrected chi connectivity index (χ2v) is 6.55. The second-order valence-electron chi connectivity index (χ2n) is 6.55. The zero-order valence-corrected chi connectivity index (χ0v) is 15.9. The zero-order valence-electron chi connectivity index (χ0n) is 15.9. The van der Waals surface area contributed by atoms with Crippen molar-refractivity contribution in [1.29, 1.82) is 5.26 Å². The Morgan fingerprint density at radius 2 is 2.07 bits per heavy atom. The number of hydrogen-bond acceptors (Lipinski definition) is 5. The quantitative estimate of drug-likeness (QED) is 0.396. The minimum absolute atomic E-state index is 0.364. The Labute approximate surface area is 167 Å². The van der Waals surface area contributed by atoms with Crippen LogP contribution in [0, 0.1) is 18.3 Å². The molecule has 0 spiro atoms. The average molecular weight is 383 g/mol. The molecule has 0 fully saturated rings. The normalized spacial score (nSPS) is 11.4. The van der Waals surface area contributed by atoms with E-state index in [1.807, 2.05) is 31.2 Å². The molecule has 0 saturated heterocycles. The van der Waals surface area contributed by atoms with Gasteiger partial charge in [-0.1, -0.05) is 18.2 Å². The maximum atomic E-state index is 11.7. The number of furan rings is 1. The third-order valence-electron chi connectivity index (χ3n) is 4.49. The number of fused-ring (bicyclic) bond motifs is 1.